The smallest absolute Gasteiger partial charge is 0.0780 e. The van der Waals surface area contributed by atoms with Crippen molar-refractivity contribution in [3.05, 3.63) is 133 Å². The first-order valence-electron chi connectivity index (χ1n) is 11.4. The normalized spacial score (nSPS) is 11.4. The van der Waals surface area contributed by atoms with E-state index in [9.17, 15) is 0 Å². The van der Waals surface area contributed by atoms with Crippen LogP contribution in [0.4, 0.5) is 5.69 Å². The average molecular weight is 435 g/mol. The Labute approximate surface area is 198 Å². The summed E-state index contributed by atoms with van der Waals surface area (Å²) in [6.45, 7) is 0. The van der Waals surface area contributed by atoms with Gasteiger partial charge in [-0.25, -0.2) is 0 Å². The SMILES string of the molecule is C(=Nc1ccc2ccccc2c1-c1ccccc1)c1cccc(-c2nccc3ccccc23)c1. The maximum Gasteiger partial charge on any atom is 0.0780 e. The van der Waals surface area contributed by atoms with E-state index in [2.05, 4.69) is 120 Å². The summed E-state index contributed by atoms with van der Waals surface area (Å²) < 4.78 is 0. The van der Waals surface area contributed by atoms with E-state index >= 15 is 0 Å². The Morgan fingerprint density at radius 2 is 1.26 bits per heavy atom. The van der Waals surface area contributed by atoms with Crippen LogP contribution in [0.3, 0.4) is 0 Å². The molecule has 0 saturated heterocycles. The average Bonchev–Trinajstić information content (AvgIpc) is 2.92. The van der Waals surface area contributed by atoms with Crippen molar-refractivity contribution >= 4 is 33.4 Å². The molecule has 1 aromatic heterocycles. The summed E-state index contributed by atoms with van der Waals surface area (Å²) in [5.74, 6) is 0. The van der Waals surface area contributed by atoms with E-state index in [4.69, 9.17) is 4.99 Å². The van der Waals surface area contributed by atoms with Crippen molar-refractivity contribution in [2.75, 3.05) is 0 Å². The maximum atomic E-state index is 4.95. The van der Waals surface area contributed by atoms with Gasteiger partial charge in [0.15, 0.2) is 0 Å². The molecule has 0 aliphatic rings. The van der Waals surface area contributed by atoms with E-state index in [0.29, 0.717) is 0 Å². The van der Waals surface area contributed by atoms with Gasteiger partial charge < -0.3 is 0 Å². The second kappa shape index (κ2) is 8.76. The molecule has 6 rings (SSSR count). The summed E-state index contributed by atoms with van der Waals surface area (Å²) in [6, 6.07) is 42.1. The number of hydrogen-bond acceptors (Lipinski definition) is 2. The minimum absolute atomic E-state index is 0.957. The van der Waals surface area contributed by atoms with Crippen molar-refractivity contribution in [1.82, 2.24) is 4.98 Å². The Morgan fingerprint density at radius 3 is 2.12 bits per heavy atom. The number of hydrogen-bond donors (Lipinski definition) is 0. The van der Waals surface area contributed by atoms with Crippen LogP contribution in [0.5, 0.6) is 0 Å². The van der Waals surface area contributed by atoms with E-state index in [0.717, 1.165) is 33.5 Å². The van der Waals surface area contributed by atoms with Gasteiger partial charge >= 0.3 is 0 Å². The lowest BCUT2D eigenvalue weighted by atomic mass is 9.96. The molecule has 0 N–H and O–H groups in total. The van der Waals surface area contributed by atoms with Crippen LogP contribution in [-0.2, 0) is 0 Å². The highest BCUT2D eigenvalue weighted by molar-refractivity contribution is 6.03. The third-order valence-corrected chi connectivity index (χ3v) is 6.16. The Hall–Kier alpha value is -4.56. The summed E-state index contributed by atoms with van der Waals surface area (Å²) >= 11 is 0. The van der Waals surface area contributed by atoms with Crippen LogP contribution in [0.2, 0.25) is 0 Å². The van der Waals surface area contributed by atoms with E-state index in [1.54, 1.807) is 0 Å². The molecule has 0 amide bonds. The van der Waals surface area contributed by atoms with Crippen LogP contribution in [0.25, 0.3) is 43.9 Å². The lowest BCUT2D eigenvalue weighted by Crippen LogP contribution is -1.88. The molecule has 0 spiro atoms. The molecule has 0 atom stereocenters. The first-order chi connectivity index (χ1) is 16.9. The molecular weight excluding hydrogens is 412 g/mol. The molecule has 0 radical (unpaired) electrons. The summed E-state index contributed by atoms with van der Waals surface area (Å²) in [4.78, 5) is 9.63. The Kier molecular flexibility index (Phi) is 5.17. The first kappa shape index (κ1) is 20.1. The highest BCUT2D eigenvalue weighted by atomic mass is 14.7. The lowest BCUT2D eigenvalue weighted by molar-refractivity contribution is 1.36. The molecule has 0 saturated carbocycles. The second-order valence-corrected chi connectivity index (χ2v) is 8.31. The molecule has 34 heavy (non-hydrogen) atoms. The molecule has 0 unspecified atom stereocenters. The molecule has 1 heterocycles. The van der Waals surface area contributed by atoms with Crippen LogP contribution in [0, 0.1) is 0 Å². The molecule has 160 valence electrons. The fourth-order valence-corrected chi connectivity index (χ4v) is 4.54. The van der Waals surface area contributed by atoms with Gasteiger partial charge in [0.05, 0.1) is 11.4 Å². The van der Waals surface area contributed by atoms with Gasteiger partial charge in [-0.2, -0.15) is 0 Å². The minimum atomic E-state index is 0.957. The van der Waals surface area contributed by atoms with Crippen molar-refractivity contribution < 1.29 is 0 Å². The van der Waals surface area contributed by atoms with E-state index in [1.165, 1.54) is 21.7 Å². The summed E-state index contributed by atoms with van der Waals surface area (Å²) in [6.07, 6.45) is 3.82. The maximum absolute atomic E-state index is 4.95. The van der Waals surface area contributed by atoms with Crippen LogP contribution < -0.4 is 0 Å². The number of pyridine rings is 1. The molecule has 2 heteroatoms. The molecule has 5 aromatic carbocycles. The highest BCUT2D eigenvalue weighted by Gasteiger charge is 2.09. The van der Waals surface area contributed by atoms with Gasteiger partial charge in [-0.15, -0.1) is 0 Å². The van der Waals surface area contributed by atoms with Crippen molar-refractivity contribution in [3.8, 4) is 22.4 Å². The fourth-order valence-electron chi connectivity index (χ4n) is 4.54. The van der Waals surface area contributed by atoms with Gasteiger partial charge in [-0.3, -0.25) is 9.98 Å². The Morgan fingerprint density at radius 1 is 0.559 bits per heavy atom. The van der Waals surface area contributed by atoms with E-state index < -0.39 is 0 Å². The van der Waals surface area contributed by atoms with Crippen molar-refractivity contribution in [1.29, 1.82) is 0 Å². The zero-order valence-electron chi connectivity index (χ0n) is 18.6. The standard InChI is InChI=1S/C32H22N2/c1-2-12-26(13-3-1)31-28-15-6-4-10-24(28)17-18-30(31)34-22-23-9-8-14-27(21-23)32-29-16-7-5-11-25(29)19-20-33-32/h1-22H. The zero-order chi connectivity index (χ0) is 22.7. The third-order valence-electron chi connectivity index (χ3n) is 6.16. The highest BCUT2D eigenvalue weighted by Crippen LogP contribution is 2.37. The molecule has 0 aliphatic carbocycles. The van der Waals surface area contributed by atoms with E-state index in [1.807, 2.05) is 18.5 Å². The minimum Gasteiger partial charge on any atom is -0.256 e. The largest absolute Gasteiger partial charge is 0.256 e. The Balaban J connectivity index is 1.44. The third kappa shape index (κ3) is 3.76. The molecule has 6 aromatic rings. The number of benzene rings is 5. The second-order valence-electron chi connectivity index (χ2n) is 8.31. The van der Waals surface area contributed by atoms with Crippen LogP contribution in [-0.4, -0.2) is 11.2 Å². The zero-order valence-corrected chi connectivity index (χ0v) is 18.6. The molecule has 0 fully saturated rings. The van der Waals surface area contributed by atoms with Gasteiger partial charge in [-0.1, -0.05) is 103 Å². The molecule has 0 aliphatic heterocycles. The van der Waals surface area contributed by atoms with Gasteiger partial charge in [-0.05, 0) is 45.5 Å². The van der Waals surface area contributed by atoms with Gasteiger partial charge in [0.25, 0.3) is 0 Å². The molecule has 0 bridgehead atoms. The Bertz CT molecular complexity index is 1640. The van der Waals surface area contributed by atoms with Crippen LogP contribution in [0.15, 0.2) is 133 Å². The number of aliphatic imine (C=N–C) groups is 1. The fraction of sp³-hybridized carbons (Fsp3) is 0. The number of nitrogens with zero attached hydrogens (tertiary/aromatic N) is 2. The first-order valence-corrected chi connectivity index (χ1v) is 11.4. The van der Waals surface area contributed by atoms with E-state index in [-0.39, 0.29) is 0 Å². The quantitative estimate of drug-likeness (QED) is 0.255. The lowest BCUT2D eigenvalue weighted by Gasteiger charge is -2.11. The molecular formula is C32H22N2. The van der Waals surface area contributed by atoms with Crippen LogP contribution in [0.1, 0.15) is 5.56 Å². The molecule has 2 nitrogen and oxygen atoms in total. The summed E-state index contributed by atoms with van der Waals surface area (Å²) in [5, 5.41) is 4.76. The van der Waals surface area contributed by atoms with Crippen molar-refractivity contribution in [3.63, 3.8) is 0 Å². The predicted octanol–water partition coefficient (Wildman–Crippen LogP) is 8.47. The number of aromatic nitrogens is 1. The monoisotopic (exact) mass is 434 g/mol. The van der Waals surface area contributed by atoms with Gasteiger partial charge in [0.1, 0.15) is 0 Å². The topological polar surface area (TPSA) is 25.2 Å². The van der Waals surface area contributed by atoms with Gasteiger partial charge in [0, 0.05) is 28.9 Å². The number of fused-ring (bicyclic) bond motifs is 2. The van der Waals surface area contributed by atoms with Crippen molar-refractivity contribution in [2.45, 2.75) is 0 Å². The number of rotatable bonds is 4. The summed E-state index contributed by atoms with van der Waals surface area (Å²) in [7, 11) is 0. The summed E-state index contributed by atoms with van der Waals surface area (Å²) in [5.41, 5.74) is 6.39. The predicted molar refractivity (Wildman–Crippen MR) is 144 cm³/mol. The van der Waals surface area contributed by atoms with Gasteiger partial charge in [0.2, 0.25) is 0 Å². The van der Waals surface area contributed by atoms with Crippen LogP contribution >= 0.6 is 0 Å². The van der Waals surface area contributed by atoms with Crippen molar-refractivity contribution in [2.24, 2.45) is 4.99 Å².